The Balaban J connectivity index is 4.65. The SMILES string of the molecule is CC/C=C/C/C=C/C/C=C/CCCCCCC(CC(=O)NC(CO)C(O)CCCCCCCCCCCCCCCCCCC)OC(=O)CCC/C=C\C/C=C\C/C=C\C/C=C\CCCCC. The zero-order valence-corrected chi connectivity index (χ0v) is 44.0. The molecule has 386 valence electrons. The van der Waals surface area contributed by atoms with E-state index in [4.69, 9.17) is 4.74 Å². The minimum Gasteiger partial charge on any atom is -0.462 e. The maximum atomic E-state index is 13.3. The Bertz CT molecular complexity index is 1280. The topological polar surface area (TPSA) is 95.9 Å². The summed E-state index contributed by atoms with van der Waals surface area (Å²) in [6, 6.07) is -0.725. The fourth-order valence-corrected chi connectivity index (χ4v) is 8.20. The van der Waals surface area contributed by atoms with Crippen LogP contribution in [0.1, 0.15) is 265 Å². The number of unbranched alkanes of at least 4 members (excludes halogenated alkanes) is 24. The second-order valence-corrected chi connectivity index (χ2v) is 19.0. The third kappa shape index (κ3) is 49.3. The molecule has 0 aliphatic rings. The van der Waals surface area contributed by atoms with Gasteiger partial charge in [0.25, 0.3) is 0 Å². The van der Waals surface area contributed by atoms with Crippen LogP contribution in [0.25, 0.3) is 0 Å². The van der Waals surface area contributed by atoms with E-state index in [2.05, 4.69) is 111 Å². The Morgan fingerprint density at radius 1 is 0.448 bits per heavy atom. The number of carbonyl (C=O) groups is 2. The Morgan fingerprint density at radius 2 is 0.806 bits per heavy atom. The van der Waals surface area contributed by atoms with Crippen LogP contribution in [0, 0.1) is 0 Å². The number of nitrogens with one attached hydrogen (secondary N) is 1. The van der Waals surface area contributed by atoms with E-state index in [1.54, 1.807) is 0 Å². The van der Waals surface area contributed by atoms with Gasteiger partial charge in [0, 0.05) is 6.42 Å². The van der Waals surface area contributed by atoms with Gasteiger partial charge in [0.2, 0.25) is 5.91 Å². The number of amides is 1. The van der Waals surface area contributed by atoms with E-state index in [0.717, 1.165) is 96.3 Å². The molecule has 0 aromatic carbocycles. The number of hydrogen-bond acceptors (Lipinski definition) is 5. The Kier molecular flexibility index (Phi) is 51.6. The number of aliphatic hydroxyl groups excluding tert-OH is 2. The minimum absolute atomic E-state index is 0.0375. The molecule has 0 spiro atoms. The van der Waals surface area contributed by atoms with Gasteiger partial charge >= 0.3 is 5.97 Å². The van der Waals surface area contributed by atoms with Crippen molar-refractivity contribution in [3.8, 4) is 0 Å². The number of esters is 1. The van der Waals surface area contributed by atoms with E-state index in [1.165, 1.54) is 116 Å². The second kappa shape index (κ2) is 54.0. The van der Waals surface area contributed by atoms with E-state index in [1.807, 2.05) is 0 Å². The van der Waals surface area contributed by atoms with Crippen molar-refractivity contribution in [3.05, 3.63) is 85.1 Å². The zero-order valence-electron chi connectivity index (χ0n) is 44.0. The van der Waals surface area contributed by atoms with Gasteiger partial charge in [-0.3, -0.25) is 9.59 Å². The summed E-state index contributed by atoms with van der Waals surface area (Å²) in [6.45, 7) is 6.34. The normalized spacial score (nSPS) is 13.8. The third-order valence-corrected chi connectivity index (χ3v) is 12.5. The van der Waals surface area contributed by atoms with Crippen molar-refractivity contribution in [2.45, 2.75) is 283 Å². The summed E-state index contributed by atoms with van der Waals surface area (Å²) in [7, 11) is 0. The highest BCUT2D eigenvalue weighted by molar-refractivity contribution is 5.77. The molecule has 67 heavy (non-hydrogen) atoms. The van der Waals surface area contributed by atoms with Crippen LogP contribution in [0.4, 0.5) is 0 Å². The molecule has 3 atom stereocenters. The lowest BCUT2D eigenvalue weighted by Crippen LogP contribution is -2.46. The van der Waals surface area contributed by atoms with E-state index in [-0.39, 0.29) is 24.9 Å². The molecule has 3 unspecified atom stereocenters. The van der Waals surface area contributed by atoms with Gasteiger partial charge in [0.15, 0.2) is 0 Å². The fraction of sp³-hybridized carbons (Fsp3) is 0.738. The Labute approximate surface area is 414 Å². The van der Waals surface area contributed by atoms with Gasteiger partial charge < -0.3 is 20.3 Å². The lowest BCUT2D eigenvalue weighted by molar-refractivity contribution is -0.151. The Hall–Kier alpha value is -2.96. The number of carbonyl (C=O) groups excluding carboxylic acids is 2. The molecule has 0 bridgehead atoms. The quantitative estimate of drug-likeness (QED) is 0.0321. The predicted octanol–water partition coefficient (Wildman–Crippen LogP) is 17.5. The molecule has 0 rings (SSSR count). The summed E-state index contributed by atoms with van der Waals surface area (Å²) in [5.74, 6) is -0.563. The molecule has 3 N–H and O–H groups in total. The van der Waals surface area contributed by atoms with Crippen molar-refractivity contribution >= 4 is 11.9 Å². The molecule has 0 heterocycles. The van der Waals surface area contributed by atoms with E-state index < -0.39 is 18.2 Å². The number of allylic oxidation sites excluding steroid dienone is 14. The second-order valence-electron chi connectivity index (χ2n) is 19.0. The van der Waals surface area contributed by atoms with E-state index in [0.29, 0.717) is 25.7 Å². The molecule has 1 amide bonds. The highest BCUT2D eigenvalue weighted by Gasteiger charge is 2.24. The molecule has 0 aliphatic heterocycles. The first-order chi connectivity index (χ1) is 33.0. The molecule has 0 saturated heterocycles. The average Bonchev–Trinajstić information content (AvgIpc) is 3.32. The molecule has 0 radical (unpaired) electrons. The first-order valence-corrected chi connectivity index (χ1v) is 28.3. The number of hydrogen-bond donors (Lipinski definition) is 3. The van der Waals surface area contributed by atoms with Crippen LogP contribution in [0.3, 0.4) is 0 Å². The molecular formula is C61H107NO5. The molecular weight excluding hydrogens is 827 g/mol. The summed E-state index contributed by atoms with van der Waals surface area (Å²) in [5, 5.41) is 23.9. The molecule has 0 saturated carbocycles. The van der Waals surface area contributed by atoms with Gasteiger partial charge in [0.05, 0.1) is 25.2 Å². The lowest BCUT2D eigenvalue weighted by Gasteiger charge is -2.24. The van der Waals surface area contributed by atoms with Gasteiger partial charge in [-0.25, -0.2) is 0 Å². The van der Waals surface area contributed by atoms with Crippen molar-refractivity contribution in [1.29, 1.82) is 0 Å². The summed E-state index contributed by atoms with van der Waals surface area (Å²) in [5.41, 5.74) is 0. The summed E-state index contributed by atoms with van der Waals surface area (Å²) >= 11 is 0. The van der Waals surface area contributed by atoms with Crippen LogP contribution in [-0.2, 0) is 14.3 Å². The lowest BCUT2D eigenvalue weighted by atomic mass is 10.0. The smallest absolute Gasteiger partial charge is 0.306 e. The molecule has 6 heteroatoms. The number of rotatable bonds is 50. The van der Waals surface area contributed by atoms with Crippen LogP contribution in [0.15, 0.2) is 85.1 Å². The number of aliphatic hydroxyl groups is 2. The van der Waals surface area contributed by atoms with Crippen molar-refractivity contribution in [1.82, 2.24) is 5.32 Å². The van der Waals surface area contributed by atoms with Gasteiger partial charge in [-0.05, 0) is 96.3 Å². The van der Waals surface area contributed by atoms with Gasteiger partial charge in [-0.2, -0.15) is 0 Å². The largest absolute Gasteiger partial charge is 0.462 e. The molecule has 6 nitrogen and oxygen atoms in total. The van der Waals surface area contributed by atoms with E-state index >= 15 is 0 Å². The highest BCUT2D eigenvalue weighted by atomic mass is 16.5. The molecule has 0 aliphatic carbocycles. The molecule has 0 aromatic rings. The maximum Gasteiger partial charge on any atom is 0.306 e. The summed E-state index contributed by atoms with van der Waals surface area (Å²) in [6.07, 6.45) is 70.8. The zero-order chi connectivity index (χ0) is 48.8. The van der Waals surface area contributed by atoms with Crippen molar-refractivity contribution < 1.29 is 24.5 Å². The minimum atomic E-state index is -0.808. The average molecular weight is 935 g/mol. The van der Waals surface area contributed by atoms with E-state index in [9.17, 15) is 19.8 Å². The van der Waals surface area contributed by atoms with Crippen molar-refractivity contribution in [3.63, 3.8) is 0 Å². The summed E-state index contributed by atoms with van der Waals surface area (Å²) < 4.78 is 5.91. The fourth-order valence-electron chi connectivity index (χ4n) is 8.20. The maximum absolute atomic E-state index is 13.3. The van der Waals surface area contributed by atoms with Crippen LogP contribution in [0.5, 0.6) is 0 Å². The first-order valence-electron chi connectivity index (χ1n) is 28.3. The Morgan fingerprint density at radius 3 is 1.25 bits per heavy atom. The van der Waals surface area contributed by atoms with Crippen LogP contribution >= 0.6 is 0 Å². The van der Waals surface area contributed by atoms with Crippen LogP contribution in [-0.4, -0.2) is 46.9 Å². The van der Waals surface area contributed by atoms with Gasteiger partial charge in [-0.15, -0.1) is 0 Å². The van der Waals surface area contributed by atoms with Crippen molar-refractivity contribution in [2.24, 2.45) is 0 Å². The van der Waals surface area contributed by atoms with Crippen molar-refractivity contribution in [2.75, 3.05) is 6.61 Å². The molecule has 0 fully saturated rings. The third-order valence-electron chi connectivity index (χ3n) is 12.5. The van der Waals surface area contributed by atoms with Crippen LogP contribution in [0.2, 0.25) is 0 Å². The molecule has 0 aromatic heterocycles. The highest BCUT2D eigenvalue weighted by Crippen LogP contribution is 2.17. The first kappa shape index (κ1) is 64.0. The summed E-state index contributed by atoms with van der Waals surface area (Å²) in [4.78, 5) is 26.2. The number of ether oxygens (including phenoxy) is 1. The van der Waals surface area contributed by atoms with Gasteiger partial charge in [-0.1, -0.05) is 241 Å². The van der Waals surface area contributed by atoms with Gasteiger partial charge in [0.1, 0.15) is 6.10 Å². The van der Waals surface area contributed by atoms with Crippen LogP contribution < -0.4 is 5.32 Å². The predicted molar refractivity (Wildman–Crippen MR) is 291 cm³/mol. The monoisotopic (exact) mass is 934 g/mol. The standard InChI is InChI=1S/C61H107NO5/c1-4-7-10-13-16-19-22-25-28-30-32-35-38-41-44-47-50-53-59(64)58(56-63)62-60(65)55-57(52-49-46-43-40-37-34-27-24-21-18-15-12-9-6-3)67-61(66)54-51-48-45-42-39-36-33-31-29-26-23-20-17-14-11-8-5-2/h9,12,17-18,20-21,26-27,29,33-34,36,42,45,57-59,63-64H,4-8,10-11,13-16,19,22-25,28,30-32,35,37-41,43-44,46-56H2,1-3H3,(H,62,65)/b12-9+,20-17-,21-18+,29-26-,34-27+,36-33-,45-42-.